The average molecular weight is 191 g/mol. The first-order chi connectivity index (χ1) is 6.74. The van der Waals surface area contributed by atoms with Gasteiger partial charge >= 0.3 is 6.03 Å². The van der Waals surface area contributed by atoms with Crippen molar-refractivity contribution in [3.05, 3.63) is 34.6 Å². The first kappa shape index (κ1) is 8.55. The molecule has 2 rings (SSSR count). The van der Waals surface area contributed by atoms with Crippen molar-refractivity contribution in [2.45, 2.75) is 0 Å². The number of hydrogen-bond acceptors (Lipinski definition) is 2. The lowest BCUT2D eigenvalue weighted by Crippen LogP contribution is -2.32. The van der Waals surface area contributed by atoms with Gasteiger partial charge in [-0.3, -0.25) is 9.89 Å². The Morgan fingerprint density at radius 2 is 2.14 bits per heavy atom. The number of aromatic amines is 1. The van der Waals surface area contributed by atoms with Gasteiger partial charge in [-0.1, -0.05) is 12.1 Å². The number of H-pyrrole nitrogens is 1. The Hall–Kier alpha value is -2.04. The van der Waals surface area contributed by atoms with Crippen LogP contribution in [0.2, 0.25) is 0 Å². The van der Waals surface area contributed by atoms with Crippen LogP contribution in [0.25, 0.3) is 10.9 Å². The number of hydrogen-bond donors (Lipinski definition) is 2. The number of carbonyl (C=O) groups excluding carboxylic acids is 1. The molecule has 0 spiro atoms. The molecule has 1 aromatic carbocycles. The van der Waals surface area contributed by atoms with Crippen LogP contribution in [0.1, 0.15) is 0 Å². The summed E-state index contributed by atoms with van der Waals surface area (Å²) in [5.41, 5.74) is 0.320. The molecule has 0 atom stereocenters. The summed E-state index contributed by atoms with van der Waals surface area (Å²) in [6.07, 6.45) is 0. The molecule has 0 aliphatic carbocycles. The van der Waals surface area contributed by atoms with Gasteiger partial charge < -0.3 is 5.32 Å². The number of benzene rings is 1. The van der Waals surface area contributed by atoms with Crippen LogP contribution in [0.3, 0.4) is 0 Å². The van der Waals surface area contributed by atoms with E-state index < -0.39 is 6.03 Å². The van der Waals surface area contributed by atoms with Crippen LogP contribution in [0.4, 0.5) is 4.79 Å². The molecule has 0 saturated heterocycles. The lowest BCUT2D eigenvalue weighted by molar-refractivity contribution is 0.241. The van der Waals surface area contributed by atoms with Crippen molar-refractivity contribution in [1.82, 2.24) is 15.1 Å². The summed E-state index contributed by atoms with van der Waals surface area (Å²) in [6, 6.07) is 6.51. The molecule has 0 radical (unpaired) electrons. The fourth-order valence-electron chi connectivity index (χ4n) is 1.31. The molecule has 2 N–H and O–H groups in total. The van der Waals surface area contributed by atoms with Gasteiger partial charge in [0.15, 0.2) is 0 Å². The van der Waals surface area contributed by atoms with E-state index in [-0.39, 0.29) is 5.56 Å². The van der Waals surface area contributed by atoms with Gasteiger partial charge in [-0.2, -0.15) is 4.68 Å². The molecule has 0 bridgehead atoms. The van der Waals surface area contributed by atoms with Gasteiger partial charge in [-0.05, 0) is 12.1 Å². The van der Waals surface area contributed by atoms with Crippen molar-refractivity contribution >= 4 is 16.9 Å². The summed E-state index contributed by atoms with van der Waals surface area (Å²) in [6.45, 7) is 0. The van der Waals surface area contributed by atoms with E-state index in [1.807, 2.05) is 0 Å². The number of amides is 1. The molecular weight excluding hydrogens is 182 g/mol. The summed E-state index contributed by atoms with van der Waals surface area (Å²) in [5.74, 6) is 0. The van der Waals surface area contributed by atoms with Gasteiger partial charge in [0.1, 0.15) is 0 Å². The van der Waals surface area contributed by atoms with E-state index in [0.29, 0.717) is 10.9 Å². The normalized spacial score (nSPS) is 10.4. The summed E-state index contributed by atoms with van der Waals surface area (Å²) < 4.78 is 0.949. The molecule has 0 unspecified atom stereocenters. The van der Waals surface area contributed by atoms with Crippen LogP contribution in [-0.2, 0) is 0 Å². The highest BCUT2D eigenvalue weighted by Gasteiger charge is 2.09. The van der Waals surface area contributed by atoms with Gasteiger partial charge in [-0.15, -0.1) is 0 Å². The van der Waals surface area contributed by atoms with Crippen LogP contribution in [0.15, 0.2) is 29.1 Å². The van der Waals surface area contributed by atoms with Crippen LogP contribution < -0.4 is 10.9 Å². The van der Waals surface area contributed by atoms with Crippen LogP contribution in [0.5, 0.6) is 0 Å². The molecule has 14 heavy (non-hydrogen) atoms. The molecule has 0 aliphatic heterocycles. The fraction of sp³-hybridized carbons (Fsp3) is 0.111. The third-order valence-electron chi connectivity index (χ3n) is 2.01. The first-order valence-corrected chi connectivity index (χ1v) is 4.16. The number of nitrogens with one attached hydrogen (secondary N) is 2. The van der Waals surface area contributed by atoms with Gasteiger partial charge in [0.25, 0.3) is 5.56 Å². The van der Waals surface area contributed by atoms with E-state index in [4.69, 9.17) is 0 Å². The zero-order valence-corrected chi connectivity index (χ0v) is 7.57. The Kier molecular flexibility index (Phi) is 1.85. The molecule has 0 aliphatic rings. The minimum Gasteiger partial charge on any atom is -0.339 e. The molecule has 1 heterocycles. The SMILES string of the molecule is CNC(=O)n1[nH]c2ccccc2c1=O. The van der Waals surface area contributed by atoms with Crippen molar-refractivity contribution in [3.63, 3.8) is 0 Å². The standard InChI is InChI=1S/C9H9N3O2/c1-10-9(14)12-8(13)6-4-2-3-5-7(6)11-12/h2-5,11H,1H3,(H,10,14). The molecule has 1 aromatic heterocycles. The smallest absolute Gasteiger partial charge is 0.339 e. The second-order valence-corrected chi connectivity index (χ2v) is 2.85. The second-order valence-electron chi connectivity index (χ2n) is 2.85. The molecule has 5 nitrogen and oxygen atoms in total. The summed E-state index contributed by atoms with van der Waals surface area (Å²) >= 11 is 0. The fourth-order valence-corrected chi connectivity index (χ4v) is 1.31. The molecule has 72 valence electrons. The van der Waals surface area contributed by atoms with E-state index in [9.17, 15) is 9.59 Å². The van der Waals surface area contributed by atoms with E-state index >= 15 is 0 Å². The summed E-state index contributed by atoms with van der Waals surface area (Å²) in [4.78, 5) is 22.8. The van der Waals surface area contributed by atoms with E-state index in [0.717, 1.165) is 4.68 Å². The van der Waals surface area contributed by atoms with E-state index in [2.05, 4.69) is 10.4 Å². The second kappa shape index (κ2) is 3.02. The predicted octanol–water partition coefficient (Wildman–Crippen LogP) is 0.517. The predicted molar refractivity (Wildman–Crippen MR) is 52.4 cm³/mol. The van der Waals surface area contributed by atoms with Crippen molar-refractivity contribution in [2.24, 2.45) is 0 Å². The highest BCUT2D eigenvalue weighted by Crippen LogP contribution is 2.04. The van der Waals surface area contributed by atoms with Crippen LogP contribution >= 0.6 is 0 Å². The quantitative estimate of drug-likeness (QED) is 0.637. The highest BCUT2D eigenvalue weighted by molar-refractivity contribution is 5.84. The molecule has 0 saturated carbocycles. The molecule has 2 aromatic rings. The lowest BCUT2D eigenvalue weighted by Gasteiger charge is -1.95. The Labute approximate surface area is 79.3 Å². The Bertz CT molecular complexity index is 538. The Morgan fingerprint density at radius 3 is 2.79 bits per heavy atom. The number of aromatic nitrogens is 2. The minimum absolute atomic E-state index is 0.333. The molecule has 0 fully saturated rings. The van der Waals surface area contributed by atoms with Gasteiger partial charge in [0.05, 0.1) is 10.9 Å². The summed E-state index contributed by atoms with van der Waals surface area (Å²) in [5, 5.41) is 5.59. The Morgan fingerprint density at radius 1 is 1.43 bits per heavy atom. The summed E-state index contributed by atoms with van der Waals surface area (Å²) in [7, 11) is 1.47. The number of fused-ring (bicyclic) bond motifs is 1. The zero-order valence-electron chi connectivity index (χ0n) is 7.57. The largest absolute Gasteiger partial charge is 0.343 e. The van der Waals surface area contributed by atoms with Gasteiger partial charge in [0, 0.05) is 7.05 Å². The third kappa shape index (κ3) is 1.10. The first-order valence-electron chi connectivity index (χ1n) is 4.16. The minimum atomic E-state index is -0.466. The highest BCUT2D eigenvalue weighted by atomic mass is 16.2. The lowest BCUT2D eigenvalue weighted by atomic mass is 10.3. The number of carbonyl (C=O) groups is 1. The topological polar surface area (TPSA) is 66.9 Å². The Balaban J connectivity index is 2.75. The number of rotatable bonds is 0. The maximum Gasteiger partial charge on any atom is 0.343 e. The van der Waals surface area contributed by atoms with E-state index in [1.54, 1.807) is 24.3 Å². The zero-order chi connectivity index (χ0) is 10.1. The van der Waals surface area contributed by atoms with Crippen LogP contribution in [-0.4, -0.2) is 22.9 Å². The van der Waals surface area contributed by atoms with Crippen molar-refractivity contribution in [1.29, 1.82) is 0 Å². The monoisotopic (exact) mass is 191 g/mol. The molecular formula is C9H9N3O2. The molecule has 5 heteroatoms. The van der Waals surface area contributed by atoms with Gasteiger partial charge in [-0.25, -0.2) is 4.79 Å². The maximum absolute atomic E-state index is 11.6. The van der Waals surface area contributed by atoms with Crippen molar-refractivity contribution < 1.29 is 4.79 Å². The average Bonchev–Trinajstić information content (AvgIpc) is 2.56. The van der Waals surface area contributed by atoms with Gasteiger partial charge in [0.2, 0.25) is 0 Å². The van der Waals surface area contributed by atoms with E-state index in [1.165, 1.54) is 7.05 Å². The maximum atomic E-state index is 11.6. The third-order valence-corrected chi connectivity index (χ3v) is 2.01. The van der Waals surface area contributed by atoms with Crippen LogP contribution in [0, 0.1) is 0 Å². The number of nitrogens with zero attached hydrogens (tertiary/aromatic N) is 1. The van der Waals surface area contributed by atoms with Crippen molar-refractivity contribution in [3.8, 4) is 0 Å². The number of para-hydroxylation sites is 1. The molecule has 1 amide bonds. The van der Waals surface area contributed by atoms with Crippen molar-refractivity contribution in [2.75, 3.05) is 7.05 Å².